The fourth-order valence-corrected chi connectivity index (χ4v) is 12.6. The number of benzene rings is 3. The van der Waals surface area contributed by atoms with Gasteiger partial charge in [-0.05, 0) is 65.3 Å². The number of aromatic amines is 2. The molecule has 0 bridgehead atoms. The number of H-pyrrole nitrogens is 2. The van der Waals surface area contributed by atoms with Gasteiger partial charge in [-0.1, -0.05) is 129 Å². The zero-order valence-electron chi connectivity index (χ0n) is 61.1. The molecule has 5 aromatic rings. The third kappa shape index (κ3) is 25.6. The number of amides is 14. The Balaban J connectivity index is 1.39. The number of thioether (sulfide) groups is 1. The van der Waals surface area contributed by atoms with E-state index in [1.165, 1.54) is 0 Å². The molecule has 3 aromatic carbocycles. The van der Waals surface area contributed by atoms with Crippen molar-refractivity contribution < 1.29 is 72.2 Å². The zero-order valence-corrected chi connectivity index (χ0v) is 61.9. The normalized spacial score (nSPS) is 23.7. The highest BCUT2D eigenvalue weighted by Gasteiger charge is 2.39. The van der Waals surface area contributed by atoms with Crippen molar-refractivity contribution in [3.63, 3.8) is 0 Å². The molecule has 107 heavy (non-hydrogen) atoms. The van der Waals surface area contributed by atoms with Gasteiger partial charge in [-0.2, -0.15) is 0 Å². The Morgan fingerprint density at radius 1 is 0.486 bits per heavy atom. The van der Waals surface area contributed by atoms with Gasteiger partial charge in [0.15, 0.2) is 5.96 Å². The number of carbonyl (C=O) groups is 14. The minimum atomic E-state index is -1.85. The molecule has 0 saturated carbocycles. The summed E-state index contributed by atoms with van der Waals surface area (Å²) in [7, 11) is 0. The van der Waals surface area contributed by atoms with E-state index in [1.807, 2.05) is 0 Å². The SMILES string of the molecule is CC[C@H](C)[C@@H]1NC(=O)[C@H](Cc2ccccc2)NC(=O)CSC[C@@H](C(N)=O)NC(=O)[C@H](C(C)C)NC(=O)[C@H](Cc2c[nH]c3ccccc23)NC(=O)[C@H](C(C)C)NC(=O)[C@H](C(C)C)NC(=O)[C@H](Cc2c[nH]c3ccccc23)NC(=O)[C@H](CC(N)=O)NC(=O)[C@H](CCCN=C(N)N)NC(=O)CNC(=O)[C@H](CO)NC1=O. The summed E-state index contributed by atoms with van der Waals surface area (Å²) in [5, 5.41) is 43.0. The van der Waals surface area contributed by atoms with Crippen molar-refractivity contribution in [2.75, 3.05) is 31.2 Å². The molecule has 23 N–H and O–H groups in total. The monoisotopic (exact) mass is 1500 g/mol. The number of nitrogens with two attached hydrogens (primary N) is 4. The minimum absolute atomic E-state index is 0.0164. The summed E-state index contributed by atoms with van der Waals surface area (Å²) in [5.41, 5.74) is 25.6. The first-order valence-electron chi connectivity index (χ1n) is 35.3. The second-order valence-corrected chi connectivity index (χ2v) is 28.4. The van der Waals surface area contributed by atoms with Crippen LogP contribution in [0.25, 0.3) is 21.8 Å². The van der Waals surface area contributed by atoms with Crippen molar-refractivity contribution in [2.24, 2.45) is 51.6 Å². The largest absolute Gasteiger partial charge is 0.394 e. The van der Waals surface area contributed by atoms with Gasteiger partial charge in [0.25, 0.3) is 0 Å². The van der Waals surface area contributed by atoms with Gasteiger partial charge >= 0.3 is 0 Å². The first kappa shape index (κ1) is 84.8. The third-order valence-corrected chi connectivity index (χ3v) is 19.0. The number of hydrogen-bond acceptors (Lipinski definition) is 17. The molecule has 0 spiro atoms. The summed E-state index contributed by atoms with van der Waals surface area (Å²) in [6.07, 6.45) is 1.91. The van der Waals surface area contributed by atoms with Crippen molar-refractivity contribution in [3.8, 4) is 0 Å². The summed E-state index contributed by atoms with van der Waals surface area (Å²) >= 11 is 0.867. The van der Waals surface area contributed by atoms with Gasteiger partial charge < -0.3 is 102 Å². The molecular weight excluding hydrogens is 1400 g/mol. The number of hydrogen-bond donors (Lipinski definition) is 19. The van der Waals surface area contributed by atoms with E-state index < -0.39 is 198 Å². The maximum atomic E-state index is 15.0. The highest BCUT2D eigenvalue weighted by molar-refractivity contribution is 8.00. The molecule has 34 nitrogen and oxygen atoms in total. The first-order chi connectivity index (χ1) is 50.8. The van der Waals surface area contributed by atoms with Crippen LogP contribution in [0.15, 0.2) is 96.2 Å². The van der Waals surface area contributed by atoms with Crippen LogP contribution in [-0.2, 0) is 86.4 Å². The Labute approximate surface area is 623 Å². The first-order valence-corrected chi connectivity index (χ1v) is 36.5. The third-order valence-electron chi connectivity index (χ3n) is 18.0. The second kappa shape index (κ2) is 41.0. The van der Waals surface area contributed by atoms with Crippen molar-refractivity contribution >= 4 is 122 Å². The van der Waals surface area contributed by atoms with Crippen molar-refractivity contribution in [2.45, 2.75) is 167 Å². The molecule has 1 aliphatic rings. The van der Waals surface area contributed by atoms with E-state index in [9.17, 15) is 72.2 Å². The van der Waals surface area contributed by atoms with Crippen LogP contribution >= 0.6 is 11.8 Å². The molecule has 0 radical (unpaired) electrons. The molecule has 1 fully saturated rings. The summed E-state index contributed by atoms with van der Waals surface area (Å²) < 4.78 is 0. The van der Waals surface area contributed by atoms with Gasteiger partial charge in [-0.25, -0.2) is 0 Å². The standard InChI is InChI=1S/C72H101N19O15S/c1-9-39(8)60-71(106)86-52(33-92)62(97)80-32-55(94)81-47(24-17-25-77-72(75)76)63(98)84-51(29-54(73)93)64(99)83-49(27-41-30-78-45-22-15-13-20-43(41)45)66(101)89-59(38(6)7)70(105)90-58(37(4)5)68(103)85-50(28-42-31-79-46-23-16-14-21-44(42)46)67(102)88-57(36(2)3)69(104)87-53(61(74)96)34-107-35-56(95)82-48(65(100)91-60)26-40-18-11-10-12-19-40/h10-16,18-23,30-31,36-39,47-53,57-60,78-79,92H,9,17,24-29,32-35H2,1-8H3,(H2,73,93)(H2,74,96)(H,80,97)(H,81,94)(H,82,95)(H,83,99)(H,84,98)(H,85,103)(H,86,106)(H,87,104)(H,88,102)(H,89,101)(H,90,105)(H,91,100)(H4,75,76,77)/t39-,47-,48-,49-,50-,51-,52-,53-,57-,58-,59-,60-/m0/s1. The number of nitrogens with one attached hydrogen (secondary N) is 14. The van der Waals surface area contributed by atoms with E-state index in [0.717, 1.165) is 11.8 Å². The van der Waals surface area contributed by atoms with Crippen LogP contribution in [0.1, 0.15) is 97.8 Å². The Bertz CT molecular complexity index is 4010. The number of rotatable bonds is 19. The minimum Gasteiger partial charge on any atom is -0.394 e. The van der Waals surface area contributed by atoms with Gasteiger partial charge in [0, 0.05) is 65.8 Å². The summed E-state index contributed by atoms with van der Waals surface area (Å²) in [6.45, 7) is 11.1. The van der Waals surface area contributed by atoms with E-state index in [0.29, 0.717) is 38.5 Å². The van der Waals surface area contributed by atoms with Gasteiger partial charge in [-0.3, -0.25) is 72.1 Å². The number of carbonyl (C=O) groups excluding carboxylic acids is 14. The number of para-hydroxylation sites is 2. The molecule has 14 amide bonds. The van der Waals surface area contributed by atoms with Crippen LogP contribution in [-0.4, -0.2) is 201 Å². The fourth-order valence-electron chi connectivity index (χ4n) is 11.8. The lowest BCUT2D eigenvalue weighted by molar-refractivity contribution is -0.137. The van der Waals surface area contributed by atoms with E-state index in [-0.39, 0.29) is 56.8 Å². The predicted octanol–water partition coefficient (Wildman–Crippen LogP) is -2.71. The van der Waals surface area contributed by atoms with Crippen LogP contribution in [0, 0.1) is 23.7 Å². The molecule has 1 saturated heterocycles. The second-order valence-electron chi connectivity index (χ2n) is 27.4. The lowest BCUT2D eigenvalue weighted by Gasteiger charge is -2.30. The molecule has 1 aliphatic heterocycles. The molecule has 12 atom stereocenters. The Morgan fingerprint density at radius 2 is 0.916 bits per heavy atom. The fraction of sp³-hybridized carbons (Fsp3) is 0.486. The van der Waals surface area contributed by atoms with Crippen molar-refractivity contribution in [1.82, 2.24) is 73.8 Å². The number of aliphatic imine (C=N–C) groups is 1. The number of fused-ring (bicyclic) bond motifs is 2. The molecular formula is C72H101N19O15S. The van der Waals surface area contributed by atoms with E-state index in [1.54, 1.807) is 147 Å². The number of primary amides is 2. The average molecular weight is 1500 g/mol. The van der Waals surface area contributed by atoms with Crippen LogP contribution in [0.4, 0.5) is 0 Å². The van der Waals surface area contributed by atoms with Gasteiger partial charge in [0.1, 0.15) is 66.5 Å². The van der Waals surface area contributed by atoms with Crippen LogP contribution in [0.2, 0.25) is 0 Å². The molecule has 2 aromatic heterocycles. The van der Waals surface area contributed by atoms with E-state index in [2.05, 4.69) is 78.8 Å². The Kier molecular flexibility index (Phi) is 32.5. The molecule has 3 heterocycles. The summed E-state index contributed by atoms with van der Waals surface area (Å²) in [5.74, 6) is -17.1. The summed E-state index contributed by atoms with van der Waals surface area (Å²) in [6, 6.07) is 6.06. The van der Waals surface area contributed by atoms with E-state index in [4.69, 9.17) is 22.9 Å². The number of nitrogens with zero attached hydrogens (tertiary/aromatic N) is 1. The zero-order chi connectivity index (χ0) is 78.8. The highest BCUT2D eigenvalue weighted by atomic mass is 32.2. The molecule has 580 valence electrons. The molecule has 0 unspecified atom stereocenters. The number of aliphatic hydroxyl groups excluding tert-OH is 1. The lowest BCUT2D eigenvalue weighted by atomic mass is 9.96. The van der Waals surface area contributed by atoms with Crippen molar-refractivity contribution in [1.29, 1.82) is 0 Å². The predicted molar refractivity (Wildman–Crippen MR) is 400 cm³/mol. The number of aromatic nitrogens is 2. The Morgan fingerprint density at radius 3 is 1.42 bits per heavy atom. The quantitative estimate of drug-likeness (QED) is 0.0227. The van der Waals surface area contributed by atoms with Crippen molar-refractivity contribution in [3.05, 3.63) is 108 Å². The van der Waals surface area contributed by atoms with Gasteiger partial charge in [0.2, 0.25) is 82.7 Å². The van der Waals surface area contributed by atoms with Crippen LogP contribution in [0.5, 0.6) is 0 Å². The van der Waals surface area contributed by atoms with Gasteiger partial charge in [-0.15, -0.1) is 11.8 Å². The topological polar surface area (TPSA) is 552 Å². The Hall–Kier alpha value is -11.1. The highest BCUT2D eigenvalue weighted by Crippen LogP contribution is 2.23. The smallest absolute Gasteiger partial charge is 0.245 e. The molecule has 0 aliphatic carbocycles. The lowest BCUT2D eigenvalue weighted by Crippen LogP contribution is -2.62. The number of guanidine groups is 1. The van der Waals surface area contributed by atoms with Crippen LogP contribution in [0.3, 0.4) is 0 Å². The van der Waals surface area contributed by atoms with Gasteiger partial charge in [0.05, 0.1) is 25.3 Å². The molecule has 6 rings (SSSR count). The molecule has 35 heteroatoms. The number of aliphatic hydroxyl groups is 1. The maximum Gasteiger partial charge on any atom is 0.245 e. The average Bonchev–Trinajstić information content (AvgIpc) is 1.73. The van der Waals surface area contributed by atoms with Crippen LogP contribution < -0.4 is 86.7 Å². The summed E-state index contributed by atoms with van der Waals surface area (Å²) in [4.78, 5) is 209. The maximum absolute atomic E-state index is 15.0. The van der Waals surface area contributed by atoms with E-state index >= 15 is 0 Å².